The third-order valence-electron chi connectivity index (χ3n) is 5.84. The maximum Gasteiger partial charge on any atom is 0.204 e. The largest absolute Gasteiger partial charge is 0.377 e. The summed E-state index contributed by atoms with van der Waals surface area (Å²) in [6, 6.07) is 25.6. The molecule has 30 heavy (non-hydrogen) atoms. The fourth-order valence-electron chi connectivity index (χ4n) is 4.54. The lowest BCUT2D eigenvalue weighted by Gasteiger charge is -2.22. The molecule has 2 aromatic heterocycles. The van der Waals surface area contributed by atoms with Crippen molar-refractivity contribution in [1.29, 1.82) is 0 Å². The van der Waals surface area contributed by atoms with Gasteiger partial charge in [0, 0.05) is 29.6 Å². The first-order valence-corrected chi connectivity index (χ1v) is 9.90. The summed E-state index contributed by atoms with van der Waals surface area (Å²) in [7, 11) is 0. The first-order chi connectivity index (χ1) is 14.9. The van der Waals surface area contributed by atoms with Crippen molar-refractivity contribution in [1.82, 2.24) is 25.6 Å². The zero-order valence-electron chi connectivity index (χ0n) is 16.0. The van der Waals surface area contributed by atoms with Crippen LogP contribution in [0.3, 0.4) is 0 Å². The molecule has 0 spiro atoms. The van der Waals surface area contributed by atoms with Gasteiger partial charge >= 0.3 is 0 Å². The summed E-state index contributed by atoms with van der Waals surface area (Å²) in [5.74, 6) is 0.738. The van der Waals surface area contributed by atoms with Crippen LogP contribution in [0.25, 0.3) is 22.2 Å². The van der Waals surface area contributed by atoms with Gasteiger partial charge in [0.25, 0.3) is 0 Å². The molecule has 1 aliphatic heterocycles. The van der Waals surface area contributed by atoms with E-state index in [0.29, 0.717) is 5.82 Å². The summed E-state index contributed by atoms with van der Waals surface area (Å²) in [5, 5.41) is 20.8. The Morgan fingerprint density at radius 3 is 2.57 bits per heavy atom. The van der Waals surface area contributed by atoms with E-state index in [9.17, 15) is 0 Å². The molecule has 3 heterocycles. The SMILES string of the molecule is c1cc(-c2nn[nH]n2)cc([C@@H]2c3c(ccc4ccccc34)N[C@H]2c2ccncc2)c1. The van der Waals surface area contributed by atoms with Gasteiger partial charge in [-0.1, -0.05) is 48.5 Å². The third-order valence-corrected chi connectivity index (χ3v) is 5.84. The van der Waals surface area contributed by atoms with Crippen molar-refractivity contribution in [3.8, 4) is 11.4 Å². The molecule has 144 valence electrons. The van der Waals surface area contributed by atoms with Gasteiger partial charge in [0.2, 0.25) is 5.82 Å². The van der Waals surface area contributed by atoms with Crippen LogP contribution in [-0.2, 0) is 0 Å². The molecule has 0 fully saturated rings. The minimum Gasteiger partial charge on any atom is -0.377 e. The van der Waals surface area contributed by atoms with E-state index in [2.05, 4.69) is 97.7 Å². The number of nitrogens with one attached hydrogen (secondary N) is 2. The van der Waals surface area contributed by atoms with E-state index in [0.717, 1.165) is 5.56 Å². The first kappa shape index (κ1) is 16.9. The smallest absolute Gasteiger partial charge is 0.204 e. The number of pyridine rings is 1. The molecular weight excluding hydrogens is 372 g/mol. The molecule has 1 aliphatic rings. The normalized spacial score (nSPS) is 17.6. The van der Waals surface area contributed by atoms with Crippen molar-refractivity contribution in [3.63, 3.8) is 0 Å². The summed E-state index contributed by atoms with van der Waals surface area (Å²) < 4.78 is 0. The molecule has 0 saturated carbocycles. The molecule has 0 radical (unpaired) electrons. The van der Waals surface area contributed by atoms with Crippen molar-refractivity contribution >= 4 is 16.5 Å². The first-order valence-electron chi connectivity index (χ1n) is 9.90. The van der Waals surface area contributed by atoms with Crippen LogP contribution in [0.2, 0.25) is 0 Å². The number of tetrazole rings is 1. The highest BCUT2D eigenvalue weighted by Crippen LogP contribution is 2.50. The maximum absolute atomic E-state index is 4.21. The minimum atomic E-state index is 0.106. The van der Waals surface area contributed by atoms with Gasteiger partial charge in [0.15, 0.2) is 0 Å². The van der Waals surface area contributed by atoms with E-state index in [1.807, 2.05) is 18.5 Å². The Bertz CT molecular complexity index is 1330. The maximum atomic E-state index is 4.21. The number of H-pyrrole nitrogens is 1. The number of nitrogens with zero attached hydrogens (tertiary/aromatic N) is 4. The van der Waals surface area contributed by atoms with E-state index in [4.69, 9.17) is 0 Å². The van der Waals surface area contributed by atoms with Gasteiger partial charge in [0.1, 0.15) is 0 Å². The number of hydrogen-bond acceptors (Lipinski definition) is 5. The quantitative estimate of drug-likeness (QED) is 0.466. The average molecular weight is 390 g/mol. The predicted molar refractivity (Wildman–Crippen MR) is 116 cm³/mol. The van der Waals surface area contributed by atoms with Crippen LogP contribution in [0.5, 0.6) is 0 Å². The third kappa shape index (κ3) is 2.65. The summed E-state index contributed by atoms with van der Waals surface area (Å²) in [6.07, 6.45) is 3.70. The zero-order chi connectivity index (χ0) is 19.9. The molecule has 2 N–H and O–H groups in total. The van der Waals surface area contributed by atoms with Crippen LogP contribution in [0.15, 0.2) is 85.2 Å². The Hall–Kier alpha value is -4.06. The van der Waals surface area contributed by atoms with Gasteiger partial charge in [-0.05, 0) is 56.9 Å². The second-order valence-corrected chi connectivity index (χ2v) is 7.49. The average Bonchev–Trinajstić information content (AvgIpc) is 3.48. The monoisotopic (exact) mass is 390 g/mol. The Labute approximate surface area is 173 Å². The van der Waals surface area contributed by atoms with E-state index in [1.54, 1.807) is 0 Å². The second-order valence-electron chi connectivity index (χ2n) is 7.49. The van der Waals surface area contributed by atoms with Crippen LogP contribution < -0.4 is 5.32 Å². The summed E-state index contributed by atoms with van der Waals surface area (Å²) in [4.78, 5) is 4.21. The highest BCUT2D eigenvalue weighted by atomic mass is 15.5. The van der Waals surface area contributed by atoms with E-state index in [-0.39, 0.29) is 12.0 Å². The fourth-order valence-corrected chi connectivity index (χ4v) is 4.54. The lowest BCUT2D eigenvalue weighted by Crippen LogP contribution is -2.13. The second kappa shape index (κ2) is 6.77. The molecule has 0 unspecified atom stereocenters. The van der Waals surface area contributed by atoms with Crippen LogP contribution in [-0.4, -0.2) is 25.6 Å². The van der Waals surface area contributed by atoms with Crippen molar-refractivity contribution in [2.45, 2.75) is 12.0 Å². The molecule has 0 saturated heterocycles. The highest BCUT2D eigenvalue weighted by Gasteiger charge is 2.36. The predicted octanol–water partition coefficient (Wildman–Crippen LogP) is 4.71. The molecule has 6 rings (SSSR count). The van der Waals surface area contributed by atoms with Gasteiger partial charge in [-0.15, -0.1) is 10.2 Å². The van der Waals surface area contributed by atoms with Crippen molar-refractivity contribution < 1.29 is 0 Å². The van der Waals surface area contributed by atoms with Gasteiger partial charge < -0.3 is 5.32 Å². The van der Waals surface area contributed by atoms with Crippen molar-refractivity contribution in [2.24, 2.45) is 0 Å². The fraction of sp³-hybridized carbons (Fsp3) is 0.0833. The Balaban J connectivity index is 1.58. The van der Waals surface area contributed by atoms with Crippen LogP contribution >= 0.6 is 0 Å². The number of hydrogen-bond donors (Lipinski definition) is 2. The minimum absolute atomic E-state index is 0.106. The van der Waals surface area contributed by atoms with Crippen LogP contribution in [0.4, 0.5) is 5.69 Å². The number of rotatable bonds is 3. The molecule has 3 aromatic carbocycles. The van der Waals surface area contributed by atoms with Crippen LogP contribution in [0, 0.1) is 0 Å². The van der Waals surface area contributed by atoms with E-state index >= 15 is 0 Å². The topological polar surface area (TPSA) is 79.4 Å². The number of aromatic amines is 1. The zero-order valence-corrected chi connectivity index (χ0v) is 16.0. The van der Waals surface area contributed by atoms with Gasteiger partial charge in [-0.3, -0.25) is 4.98 Å². The Morgan fingerprint density at radius 1 is 0.800 bits per heavy atom. The summed E-state index contributed by atoms with van der Waals surface area (Å²) in [6.45, 7) is 0. The number of benzene rings is 3. The molecule has 0 amide bonds. The molecule has 6 heteroatoms. The molecule has 0 aliphatic carbocycles. The highest BCUT2D eigenvalue weighted by molar-refractivity contribution is 5.93. The number of aromatic nitrogens is 5. The summed E-state index contributed by atoms with van der Waals surface area (Å²) >= 11 is 0. The number of fused-ring (bicyclic) bond motifs is 3. The standard InChI is InChI=1S/C24H18N6/c1-2-7-19-15(4-1)8-9-20-22(19)21(23(26-20)16-10-12-25-13-11-16)17-5-3-6-18(14-17)24-27-29-30-28-24/h1-14,21,23,26H,(H,27,28,29,30)/t21-,23+/m1/s1. The lowest BCUT2D eigenvalue weighted by molar-refractivity contribution is 0.715. The van der Waals surface area contributed by atoms with E-state index < -0.39 is 0 Å². The molecule has 5 aromatic rings. The van der Waals surface area contributed by atoms with Crippen LogP contribution in [0.1, 0.15) is 28.7 Å². The van der Waals surface area contributed by atoms with E-state index in [1.165, 1.54) is 33.2 Å². The van der Waals surface area contributed by atoms with Gasteiger partial charge in [-0.2, -0.15) is 5.21 Å². The molecule has 0 bridgehead atoms. The van der Waals surface area contributed by atoms with Crippen molar-refractivity contribution in [3.05, 3.63) is 102 Å². The molecule has 2 atom stereocenters. The lowest BCUT2D eigenvalue weighted by atomic mass is 9.82. The molecular formula is C24H18N6. The van der Waals surface area contributed by atoms with Gasteiger partial charge in [0.05, 0.1) is 6.04 Å². The van der Waals surface area contributed by atoms with Crippen molar-refractivity contribution in [2.75, 3.05) is 5.32 Å². The molecule has 6 nitrogen and oxygen atoms in total. The van der Waals surface area contributed by atoms with Gasteiger partial charge in [-0.25, -0.2) is 0 Å². The summed E-state index contributed by atoms with van der Waals surface area (Å²) in [5.41, 5.74) is 5.86. The Kier molecular flexibility index (Phi) is 3.81. The Morgan fingerprint density at radius 2 is 1.70 bits per heavy atom. The number of anilines is 1.